The van der Waals surface area contributed by atoms with E-state index >= 15 is 0 Å². The van der Waals surface area contributed by atoms with Gasteiger partial charge >= 0.3 is 5.97 Å². The van der Waals surface area contributed by atoms with E-state index in [2.05, 4.69) is 16.2 Å². The van der Waals surface area contributed by atoms with Gasteiger partial charge in [0.05, 0.1) is 6.61 Å². The van der Waals surface area contributed by atoms with Crippen LogP contribution < -0.4 is 20.9 Å². The molecule has 9 heteroatoms. The van der Waals surface area contributed by atoms with Crippen LogP contribution in [-0.4, -0.2) is 42.9 Å². The molecule has 0 saturated heterocycles. The van der Waals surface area contributed by atoms with Crippen LogP contribution in [0.5, 0.6) is 5.75 Å². The summed E-state index contributed by atoms with van der Waals surface area (Å²) in [6.45, 7) is 6.49. The molecule has 0 radical (unpaired) electrons. The second-order valence-corrected chi connectivity index (χ2v) is 5.99. The van der Waals surface area contributed by atoms with Crippen LogP contribution in [0.1, 0.15) is 38.1 Å². The summed E-state index contributed by atoms with van der Waals surface area (Å²) in [4.78, 5) is 46.8. The molecule has 0 aliphatic rings. The van der Waals surface area contributed by atoms with Crippen molar-refractivity contribution in [1.29, 1.82) is 0 Å². The minimum absolute atomic E-state index is 0.262. The van der Waals surface area contributed by atoms with E-state index in [9.17, 15) is 19.2 Å². The van der Waals surface area contributed by atoms with Crippen LogP contribution in [0, 0.1) is 5.92 Å². The summed E-state index contributed by atoms with van der Waals surface area (Å²) >= 11 is 0. The van der Waals surface area contributed by atoms with Crippen LogP contribution in [0.25, 0.3) is 0 Å². The largest absolute Gasteiger partial charge is 0.494 e. The molecule has 1 rings (SSSR count). The Kier molecular flexibility index (Phi) is 8.77. The summed E-state index contributed by atoms with van der Waals surface area (Å²) in [6, 6.07) is 5.56. The van der Waals surface area contributed by atoms with Crippen molar-refractivity contribution < 1.29 is 28.7 Å². The molecule has 0 unspecified atom stereocenters. The Morgan fingerprint density at radius 1 is 1.04 bits per heavy atom. The zero-order valence-electron chi connectivity index (χ0n) is 15.8. The first-order chi connectivity index (χ1) is 12.7. The molecule has 3 N–H and O–H groups in total. The Hall–Kier alpha value is -3.10. The highest BCUT2D eigenvalue weighted by atomic mass is 16.5. The van der Waals surface area contributed by atoms with E-state index in [-0.39, 0.29) is 5.92 Å². The minimum atomic E-state index is -0.933. The van der Waals surface area contributed by atoms with Crippen molar-refractivity contribution in [2.45, 2.75) is 33.7 Å². The van der Waals surface area contributed by atoms with Gasteiger partial charge in [-0.05, 0) is 37.1 Å². The molecule has 1 aromatic carbocycles. The number of benzene rings is 1. The van der Waals surface area contributed by atoms with Crippen LogP contribution in [0.4, 0.5) is 0 Å². The molecule has 0 aromatic heterocycles. The fraction of sp³-hybridized carbons (Fsp3) is 0.444. The lowest BCUT2D eigenvalue weighted by Crippen LogP contribution is -2.47. The number of hydrogen-bond acceptors (Lipinski definition) is 6. The normalized spacial score (nSPS) is 11.3. The average Bonchev–Trinajstić information content (AvgIpc) is 2.62. The second kappa shape index (κ2) is 10.8. The van der Waals surface area contributed by atoms with Crippen LogP contribution in [0.3, 0.4) is 0 Å². The van der Waals surface area contributed by atoms with Gasteiger partial charge in [0, 0.05) is 12.5 Å². The van der Waals surface area contributed by atoms with E-state index in [1.807, 2.05) is 6.92 Å². The van der Waals surface area contributed by atoms with Gasteiger partial charge in [0.2, 0.25) is 5.91 Å². The summed E-state index contributed by atoms with van der Waals surface area (Å²) < 4.78 is 10.2. The third-order valence-corrected chi connectivity index (χ3v) is 3.36. The molecule has 1 atom stereocenters. The van der Waals surface area contributed by atoms with E-state index in [0.717, 1.165) is 0 Å². The number of amides is 3. The van der Waals surface area contributed by atoms with E-state index in [4.69, 9.17) is 9.47 Å². The summed E-state index contributed by atoms with van der Waals surface area (Å²) in [5.74, 6) is -1.98. The highest BCUT2D eigenvalue weighted by Gasteiger charge is 2.26. The van der Waals surface area contributed by atoms with Crippen LogP contribution >= 0.6 is 0 Å². The highest BCUT2D eigenvalue weighted by molar-refractivity contribution is 5.97. The lowest BCUT2D eigenvalue weighted by molar-refractivity contribution is -0.151. The maximum atomic E-state index is 12.4. The number of hydrazine groups is 1. The van der Waals surface area contributed by atoms with Gasteiger partial charge in [-0.1, -0.05) is 13.8 Å². The quantitative estimate of drug-likeness (QED) is 0.448. The SMILES string of the molecule is CCOc1ccc(C(=O)N[C@H](C(=O)OCC(=O)NNC(C)=O)C(C)C)cc1. The molecule has 0 spiro atoms. The standard InChI is InChI=1S/C18H25N3O6/c1-5-26-14-8-6-13(7-9-14)17(24)19-16(11(2)3)18(25)27-10-15(23)21-20-12(4)22/h6-9,11,16H,5,10H2,1-4H3,(H,19,24)(H,20,22)(H,21,23)/t16-/m0/s1. The Labute approximate surface area is 157 Å². The first-order valence-corrected chi connectivity index (χ1v) is 8.50. The fourth-order valence-corrected chi connectivity index (χ4v) is 2.01. The van der Waals surface area contributed by atoms with Crippen molar-refractivity contribution in [1.82, 2.24) is 16.2 Å². The van der Waals surface area contributed by atoms with Gasteiger partial charge in [0.1, 0.15) is 11.8 Å². The summed E-state index contributed by atoms with van der Waals surface area (Å²) in [5.41, 5.74) is 4.51. The van der Waals surface area contributed by atoms with E-state index in [1.54, 1.807) is 38.1 Å². The maximum absolute atomic E-state index is 12.4. The molecule has 0 heterocycles. The number of ether oxygens (including phenoxy) is 2. The number of hydrogen-bond donors (Lipinski definition) is 3. The fourth-order valence-electron chi connectivity index (χ4n) is 2.01. The smallest absolute Gasteiger partial charge is 0.329 e. The zero-order valence-corrected chi connectivity index (χ0v) is 15.8. The van der Waals surface area contributed by atoms with Crippen LogP contribution in [0.15, 0.2) is 24.3 Å². The molecule has 27 heavy (non-hydrogen) atoms. The Morgan fingerprint density at radius 2 is 1.67 bits per heavy atom. The van der Waals surface area contributed by atoms with Gasteiger partial charge in [-0.25, -0.2) is 4.79 Å². The number of esters is 1. The molecular formula is C18H25N3O6. The number of carbonyl (C=O) groups excluding carboxylic acids is 4. The van der Waals surface area contributed by atoms with Crippen molar-refractivity contribution in [2.24, 2.45) is 5.92 Å². The third-order valence-electron chi connectivity index (χ3n) is 3.36. The Bertz CT molecular complexity index is 672. The van der Waals surface area contributed by atoms with Gasteiger partial charge in [0.25, 0.3) is 11.8 Å². The van der Waals surface area contributed by atoms with E-state index in [1.165, 1.54) is 6.92 Å². The maximum Gasteiger partial charge on any atom is 0.329 e. The van der Waals surface area contributed by atoms with Crippen molar-refractivity contribution >= 4 is 23.7 Å². The molecule has 0 aliphatic carbocycles. The Balaban J connectivity index is 2.63. The molecule has 9 nitrogen and oxygen atoms in total. The van der Waals surface area contributed by atoms with Crippen LogP contribution in [0.2, 0.25) is 0 Å². The van der Waals surface area contributed by atoms with Gasteiger partial charge in [-0.2, -0.15) is 0 Å². The van der Waals surface area contributed by atoms with Crippen molar-refractivity contribution in [3.8, 4) is 5.75 Å². The first-order valence-electron chi connectivity index (χ1n) is 8.50. The van der Waals surface area contributed by atoms with E-state index < -0.39 is 36.3 Å². The van der Waals surface area contributed by atoms with Crippen molar-refractivity contribution in [2.75, 3.05) is 13.2 Å². The number of rotatable bonds is 8. The minimum Gasteiger partial charge on any atom is -0.494 e. The molecule has 1 aromatic rings. The van der Waals surface area contributed by atoms with Gasteiger partial charge in [0.15, 0.2) is 6.61 Å². The van der Waals surface area contributed by atoms with Crippen LogP contribution in [-0.2, 0) is 19.1 Å². The topological polar surface area (TPSA) is 123 Å². The van der Waals surface area contributed by atoms with Gasteiger partial charge < -0.3 is 14.8 Å². The lowest BCUT2D eigenvalue weighted by atomic mass is 10.0. The predicted molar refractivity (Wildman–Crippen MR) is 96.6 cm³/mol. The number of carbonyl (C=O) groups is 4. The van der Waals surface area contributed by atoms with Gasteiger partial charge in [-0.3, -0.25) is 25.2 Å². The third kappa shape index (κ3) is 7.76. The van der Waals surface area contributed by atoms with Crippen molar-refractivity contribution in [3.05, 3.63) is 29.8 Å². The van der Waals surface area contributed by atoms with Crippen molar-refractivity contribution in [3.63, 3.8) is 0 Å². The second-order valence-electron chi connectivity index (χ2n) is 5.99. The van der Waals surface area contributed by atoms with E-state index in [0.29, 0.717) is 17.9 Å². The number of nitrogens with one attached hydrogen (secondary N) is 3. The summed E-state index contributed by atoms with van der Waals surface area (Å²) in [6.07, 6.45) is 0. The molecule has 0 bridgehead atoms. The molecule has 148 valence electrons. The predicted octanol–water partition coefficient (Wildman–Crippen LogP) is 0.550. The molecule has 0 aliphatic heterocycles. The molecule has 0 fully saturated rings. The highest BCUT2D eigenvalue weighted by Crippen LogP contribution is 2.13. The van der Waals surface area contributed by atoms with Gasteiger partial charge in [-0.15, -0.1) is 0 Å². The monoisotopic (exact) mass is 379 g/mol. The zero-order chi connectivity index (χ0) is 20.4. The summed E-state index contributed by atoms with van der Waals surface area (Å²) in [7, 11) is 0. The Morgan fingerprint density at radius 3 is 2.19 bits per heavy atom. The molecular weight excluding hydrogens is 354 g/mol. The summed E-state index contributed by atoms with van der Waals surface area (Å²) in [5, 5.41) is 2.60. The molecule has 0 saturated carbocycles. The first kappa shape index (κ1) is 21.9. The molecule has 3 amide bonds. The average molecular weight is 379 g/mol. The lowest BCUT2D eigenvalue weighted by Gasteiger charge is -2.21.